The van der Waals surface area contributed by atoms with E-state index in [2.05, 4.69) is 10.2 Å². The van der Waals surface area contributed by atoms with Crippen LogP contribution in [0.15, 0.2) is 0 Å². The number of carbonyl (C=O) groups excluding carboxylic acids is 1. The predicted octanol–water partition coefficient (Wildman–Crippen LogP) is 0.680. The zero-order chi connectivity index (χ0) is 15.2. The first-order chi connectivity index (χ1) is 10.1. The average Bonchev–Trinajstić information content (AvgIpc) is 2.49. The molecule has 2 N–H and O–H groups in total. The quantitative estimate of drug-likeness (QED) is 0.783. The third-order valence-electron chi connectivity index (χ3n) is 4.75. The zero-order valence-corrected chi connectivity index (χ0v) is 13.6. The molecule has 0 radical (unpaired) electrons. The van der Waals surface area contributed by atoms with Crippen molar-refractivity contribution in [2.24, 2.45) is 5.92 Å². The van der Waals surface area contributed by atoms with Crippen LogP contribution in [0.3, 0.4) is 0 Å². The predicted molar refractivity (Wildman–Crippen MR) is 84.1 cm³/mol. The minimum atomic E-state index is -0.247. The fourth-order valence-electron chi connectivity index (χ4n) is 3.53. The van der Waals surface area contributed by atoms with Gasteiger partial charge in [-0.1, -0.05) is 6.42 Å². The number of hydrogen-bond donors (Lipinski definition) is 2. The first kappa shape index (κ1) is 16.7. The van der Waals surface area contributed by atoms with Crippen LogP contribution >= 0.6 is 0 Å². The maximum absolute atomic E-state index is 12.4. The lowest BCUT2D eigenvalue weighted by molar-refractivity contribution is -0.133. The fraction of sp³-hybridized carbons (Fsp3) is 0.938. The first-order valence-electron chi connectivity index (χ1n) is 8.45. The smallest absolute Gasteiger partial charge is 0.239 e. The number of likely N-dealkylation sites (N-methyl/N-ethyl adjacent to an activating group) is 1. The second kappa shape index (κ2) is 8.11. The summed E-state index contributed by atoms with van der Waals surface area (Å²) in [6, 6.07) is 0.0408. The molecule has 2 aliphatic rings. The molecule has 2 atom stereocenters. The fourth-order valence-corrected chi connectivity index (χ4v) is 3.53. The number of hydrogen-bond acceptors (Lipinski definition) is 4. The van der Waals surface area contributed by atoms with Crippen LogP contribution in [-0.2, 0) is 4.79 Å². The van der Waals surface area contributed by atoms with Crippen LogP contribution in [0.5, 0.6) is 0 Å². The molecule has 5 heteroatoms. The summed E-state index contributed by atoms with van der Waals surface area (Å²) >= 11 is 0. The van der Waals surface area contributed by atoms with E-state index in [1.807, 2.05) is 18.9 Å². The summed E-state index contributed by atoms with van der Waals surface area (Å²) in [7, 11) is 1.95. The molecular formula is C16H31N3O2. The second-order valence-electron chi connectivity index (χ2n) is 6.81. The largest absolute Gasteiger partial charge is 0.392 e. The number of carbonyl (C=O) groups is 1. The van der Waals surface area contributed by atoms with Crippen LogP contribution in [0.2, 0.25) is 0 Å². The molecule has 0 bridgehead atoms. The molecule has 1 amide bonds. The van der Waals surface area contributed by atoms with Crippen molar-refractivity contribution in [3.8, 4) is 0 Å². The third kappa shape index (κ3) is 5.24. The normalized spacial score (nSPS) is 26.5. The van der Waals surface area contributed by atoms with Gasteiger partial charge in [0, 0.05) is 20.1 Å². The van der Waals surface area contributed by atoms with Gasteiger partial charge in [-0.25, -0.2) is 0 Å². The number of amides is 1. The minimum Gasteiger partial charge on any atom is -0.392 e. The Morgan fingerprint density at radius 3 is 2.62 bits per heavy atom. The van der Waals surface area contributed by atoms with Crippen molar-refractivity contribution in [2.75, 3.05) is 39.8 Å². The number of β-amino-alcohol motifs (C(OH)–C–C–N with tert-alkyl or cyclic N) is 1. The molecule has 0 aromatic carbocycles. The van der Waals surface area contributed by atoms with Gasteiger partial charge < -0.3 is 20.2 Å². The Morgan fingerprint density at radius 2 is 2.05 bits per heavy atom. The monoisotopic (exact) mass is 297 g/mol. The molecule has 0 saturated carbocycles. The Balaban J connectivity index is 1.71. The summed E-state index contributed by atoms with van der Waals surface area (Å²) in [6.45, 7) is 6.54. The van der Waals surface area contributed by atoms with Gasteiger partial charge in [-0.05, 0) is 58.2 Å². The highest BCUT2D eigenvalue weighted by Crippen LogP contribution is 2.19. The van der Waals surface area contributed by atoms with E-state index < -0.39 is 0 Å². The van der Waals surface area contributed by atoms with E-state index in [4.69, 9.17) is 0 Å². The molecule has 21 heavy (non-hydrogen) atoms. The number of aliphatic hydroxyl groups is 1. The molecule has 2 heterocycles. The maximum atomic E-state index is 12.4. The lowest BCUT2D eigenvalue weighted by Gasteiger charge is -2.35. The maximum Gasteiger partial charge on any atom is 0.239 e. The lowest BCUT2D eigenvalue weighted by Crippen LogP contribution is -2.49. The molecule has 2 aliphatic heterocycles. The SMILES string of the molecule is CC(O)CN1CCC(CN(C)C(=O)C2CCCCN2)CC1. The first-order valence-corrected chi connectivity index (χ1v) is 8.45. The zero-order valence-electron chi connectivity index (χ0n) is 13.6. The van der Waals surface area contributed by atoms with Crippen LogP contribution < -0.4 is 5.32 Å². The Kier molecular flexibility index (Phi) is 6.45. The van der Waals surface area contributed by atoms with Crippen LogP contribution in [0, 0.1) is 5.92 Å². The Bertz CT molecular complexity index is 321. The van der Waals surface area contributed by atoms with Gasteiger partial charge >= 0.3 is 0 Å². The van der Waals surface area contributed by atoms with Gasteiger partial charge in [-0.2, -0.15) is 0 Å². The molecule has 0 aromatic rings. The van der Waals surface area contributed by atoms with E-state index in [1.54, 1.807) is 0 Å². The van der Waals surface area contributed by atoms with Gasteiger partial charge in [0.15, 0.2) is 0 Å². The molecule has 0 aliphatic carbocycles. The standard InChI is InChI=1S/C16H31N3O2/c1-13(20)11-19-9-6-14(7-10-19)12-18(2)16(21)15-5-3-4-8-17-15/h13-15,17,20H,3-12H2,1-2H3. The van der Waals surface area contributed by atoms with Gasteiger partial charge in [0.05, 0.1) is 12.1 Å². The van der Waals surface area contributed by atoms with E-state index in [0.717, 1.165) is 58.4 Å². The topological polar surface area (TPSA) is 55.8 Å². The summed E-state index contributed by atoms with van der Waals surface area (Å²) < 4.78 is 0. The molecule has 2 fully saturated rings. The summed E-state index contributed by atoms with van der Waals surface area (Å²) in [5.74, 6) is 0.869. The minimum absolute atomic E-state index is 0.0408. The van der Waals surface area contributed by atoms with Gasteiger partial charge in [0.1, 0.15) is 0 Å². The summed E-state index contributed by atoms with van der Waals surface area (Å²) in [4.78, 5) is 16.7. The lowest BCUT2D eigenvalue weighted by atomic mass is 9.95. The molecular weight excluding hydrogens is 266 g/mol. The molecule has 5 nitrogen and oxygen atoms in total. The molecule has 2 rings (SSSR count). The van der Waals surface area contributed by atoms with Crippen LogP contribution in [0.25, 0.3) is 0 Å². The Labute approximate surface area is 128 Å². The Morgan fingerprint density at radius 1 is 1.33 bits per heavy atom. The van der Waals surface area contributed by atoms with E-state index in [9.17, 15) is 9.90 Å². The molecule has 0 aromatic heterocycles. The average molecular weight is 297 g/mol. The molecule has 0 spiro atoms. The third-order valence-corrected chi connectivity index (χ3v) is 4.75. The van der Waals surface area contributed by atoms with Crippen molar-refractivity contribution in [3.05, 3.63) is 0 Å². The molecule has 2 unspecified atom stereocenters. The van der Waals surface area contributed by atoms with E-state index in [1.165, 1.54) is 6.42 Å². The molecule has 2 saturated heterocycles. The number of aliphatic hydroxyl groups excluding tert-OH is 1. The molecule has 122 valence electrons. The van der Waals surface area contributed by atoms with Crippen molar-refractivity contribution in [3.63, 3.8) is 0 Å². The number of nitrogens with one attached hydrogen (secondary N) is 1. The van der Waals surface area contributed by atoms with Gasteiger partial charge in [0.2, 0.25) is 5.91 Å². The van der Waals surface area contributed by atoms with Crippen LogP contribution in [-0.4, -0.2) is 72.7 Å². The number of piperidine rings is 2. The van der Waals surface area contributed by atoms with E-state index >= 15 is 0 Å². The highest BCUT2D eigenvalue weighted by Gasteiger charge is 2.27. The van der Waals surface area contributed by atoms with Crippen molar-refractivity contribution in [2.45, 2.75) is 51.2 Å². The van der Waals surface area contributed by atoms with Crippen molar-refractivity contribution < 1.29 is 9.90 Å². The second-order valence-corrected chi connectivity index (χ2v) is 6.81. The van der Waals surface area contributed by atoms with Crippen LogP contribution in [0.1, 0.15) is 39.0 Å². The van der Waals surface area contributed by atoms with Crippen molar-refractivity contribution >= 4 is 5.91 Å². The van der Waals surface area contributed by atoms with Gasteiger partial charge in [-0.15, -0.1) is 0 Å². The number of likely N-dealkylation sites (tertiary alicyclic amines) is 1. The van der Waals surface area contributed by atoms with Crippen molar-refractivity contribution in [1.29, 1.82) is 0 Å². The highest BCUT2D eigenvalue weighted by molar-refractivity contribution is 5.81. The summed E-state index contributed by atoms with van der Waals surface area (Å²) in [5, 5.41) is 12.8. The van der Waals surface area contributed by atoms with E-state index in [0.29, 0.717) is 5.92 Å². The number of nitrogens with zero attached hydrogens (tertiary/aromatic N) is 2. The summed E-state index contributed by atoms with van der Waals surface area (Å²) in [5.41, 5.74) is 0. The van der Waals surface area contributed by atoms with Crippen molar-refractivity contribution in [1.82, 2.24) is 15.1 Å². The van der Waals surface area contributed by atoms with E-state index in [-0.39, 0.29) is 18.1 Å². The highest BCUT2D eigenvalue weighted by atomic mass is 16.3. The summed E-state index contributed by atoms with van der Waals surface area (Å²) in [6.07, 6.45) is 5.34. The van der Waals surface area contributed by atoms with Crippen LogP contribution in [0.4, 0.5) is 0 Å². The van der Waals surface area contributed by atoms with Gasteiger partial charge in [-0.3, -0.25) is 4.79 Å². The van der Waals surface area contributed by atoms with Gasteiger partial charge in [0.25, 0.3) is 0 Å². The Hall–Kier alpha value is -0.650. The number of rotatable bonds is 5.